The highest BCUT2D eigenvalue weighted by Crippen LogP contribution is 2.35. The van der Waals surface area contributed by atoms with E-state index in [2.05, 4.69) is 10.2 Å². The van der Waals surface area contributed by atoms with Crippen LogP contribution in [0.1, 0.15) is 31.4 Å². The number of aromatic nitrogens is 4. The average Bonchev–Trinajstić information content (AvgIpc) is 3.25. The minimum Gasteiger partial charge on any atom is -0.396 e. The summed E-state index contributed by atoms with van der Waals surface area (Å²) in [6, 6.07) is 0.0980. The van der Waals surface area contributed by atoms with E-state index in [0.717, 1.165) is 5.56 Å². The first-order valence-electron chi connectivity index (χ1n) is 7.96. The van der Waals surface area contributed by atoms with E-state index in [9.17, 15) is 13.5 Å². The van der Waals surface area contributed by atoms with Gasteiger partial charge in [-0.25, -0.2) is 8.42 Å². The smallest absolute Gasteiger partial charge is 0.246 e. The highest BCUT2D eigenvalue weighted by molar-refractivity contribution is 7.89. The molecule has 2 atom stereocenters. The number of aryl methyl sites for hydroxylation is 1. The summed E-state index contributed by atoms with van der Waals surface area (Å²) in [6.07, 6.45) is 6.56. The number of sulfonamides is 1. The lowest BCUT2D eigenvalue weighted by atomic mass is 9.92. The van der Waals surface area contributed by atoms with Crippen LogP contribution in [0.15, 0.2) is 29.7 Å². The van der Waals surface area contributed by atoms with Gasteiger partial charge in [-0.05, 0) is 19.4 Å². The van der Waals surface area contributed by atoms with Crippen molar-refractivity contribution in [1.82, 2.24) is 23.9 Å². The second-order valence-corrected chi connectivity index (χ2v) is 8.51. The maximum atomic E-state index is 12.9. The number of aliphatic hydroxyl groups is 1. The second kappa shape index (κ2) is 6.30. The van der Waals surface area contributed by atoms with Crippen LogP contribution in [0.2, 0.25) is 0 Å². The minimum atomic E-state index is -3.62. The third-order valence-electron chi connectivity index (χ3n) is 4.54. The highest BCUT2D eigenvalue weighted by atomic mass is 32.2. The van der Waals surface area contributed by atoms with E-state index in [1.54, 1.807) is 21.8 Å². The van der Waals surface area contributed by atoms with Gasteiger partial charge in [0.25, 0.3) is 0 Å². The van der Waals surface area contributed by atoms with Crippen molar-refractivity contribution in [3.8, 4) is 0 Å². The number of hydrogen-bond acceptors (Lipinski definition) is 5. The fourth-order valence-corrected chi connectivity index (χ4v) is 4.57. The van der Waals surface area contributed by atoms with Gasteiger partial charge in [0.2, 0.25) is 10.0 Å². The summed E-state index contributed by atoms with van der Waals surface area (Å²) in [5.74, 6) is -0.192. The molecule has 0 radical (unpaired) electrons. The van der Waals surface area contributed by atoms with Crippen molar-refractivity contribution in [2.24, 2.45) is 13.0 Å². The van der Waals surface area contributed by atoms with Crippen LogP contribution in [0.5, 0.6) is 0 Å². The Labute approximate surface area is 141 Å². The van der Waals surface area contributed by atoms with Gasteiger partial charge in [-0.15, -0.1) is 0 Å². The fraction of sp³-hybridized carbons (Fsp3) is 0.600. The van der Waals surface area contributed by atoms with Crippen LogP contribution in [0, 0.1) is 5.92 Å². The molecule has 0 saturated carbocycles. The van der Waals surface area contributed by atoms with Crippen molar-refractivity contribution in [3.05, 3.63) is 30.4 Å². The number of hydrogen-bond donors (Lipinski definition) is 1. The van der Waals surface area contributed by atoms with E-state index < -0.39 is 10.0 Å². The molecule has 2 aromatic heterocycles. The quantitative estimate of drug-likeness (QED) is 0.849. The van der Waals surface area contributed by atoms with Gasteiger partial charge in [-0.3, -0.25) is 9.36 Å². The Morgan fingerprint density at radius 3 is 2.54 bits per heavy atom. The Hall–Kier alpha value is -1.71. The molecule has 1 aliphatic heterocycles. The Morgan fingerprint density at radius 2 is 2.00 bits per heavy atom. The molecule has 0 bridgehead atoms. The summed E-state index contributed by atoms with van der Waals surface area (Å²) in [5, 5.41) is 17.9. The SMILES string of the molecule is CC(C)n1cc(S(=O)(=O)N2C[C@@H](CO)[C@H](c3cnn(C)c3)C2)cn1. The van der Waals surface area contributed by atoms with E-state index in [-0.39, 0.29) is 29.4 Å². The Kier molecular flexibility index (Phi) is 4.50. The van der Waals surface area contributed by atoms with Crippen LogP contribution in [-0.4, -0.2) is 57.1 Å². The lowest BCUT2D eigenvalue weighted by Crippen LogP contribution is -2.29. The van der Waals surface area contributed by atoms with Gasteiger partial charge in [0.05, 0.1) is 12.4 Å². The molecule has 0 spiro atoms. The van der Waals surface area contributed by atoms with E-state index in [0.29, 0.717) is 13.1 Å². The number of rotatable bonds is 5. The lowest BCUT2D eigenvalue weighted by molar-refractivity contribution is 0.223. The van der Waals surface area contributed by atoms with Crippen molar-refractivity contribution in [2.75, 3.05) is 19.7 Å². The van der Waals surface area contributed by atoms with Crippen LogP contribution >= 0.6 is 0 Å². The topological polar surface area (TPSA) is 93.3 Å². The van der Waals surface area contributed by atoms with Crippen LogP contribution in [0.4, 0.5) is 0 Å². The Morgan fingerprint density at radius 1 is 1.25 bits per heavy atom. The average molecular weight is 353 g/mol. The van der Waals surface area contributed by atoms with E-state index in [4.69, 9.17) is 0 Å². The predicted octanol–water partition coefficient (Wildman–Crippen LogP) is 0.594. The first-order chi connectivity index (χ1) is 11.3. The molecule has 1 fully saturated rings. The zero-order valence-corrected chi connectivity index (χ0v) is 14.9. The molecule has 0 aliphatic carbocycles. The van der Waals surface area contributed by atoms with E-state index in [1.165, 1.54) is 10.5 Å². The highest BCUT2D eigenvalue weighted by Gasteiger charge is 2.40. The molecule has 3 rings (SSSR count). The van der Waals surface area contributed by atoms with Gasteiger partial charge in [-0.1, -0.05) is 0 Å². The van der Waals surface area contributed by atoms with Gasteiger partial charge in [0.1, 0.15) is 4.90 Å². The molecule has 3 heterocycles. The van der Waals surface area contributed by atoms with Crippen molar-refractivity contribution in [3.63, 3.8) is 0 Å². The van der Waals surface area contributed by atoms with Gasteiger partial charge < -0.3 is 5.11 Å². The van der Waals surface area contributed by atoms with Crippen LogP contribution < -0.4 is 0 Å². The summed E-state index contributed by atoms with van der Waals surface area (Å²) in [4.78, 5) is 0.194. The predicted molar refractivity (Wildman–Crippen MR) is 87.9 cm³/mol. The fourth-order valence-electron chi connectivity index (χ4n) is 3.11. The van der Waals surface area contributed by atoms with Crippen molar-refractivity contribution in [1.29, 1.82) is 0 Å². The molecule has 132 valence electrons. The summed E-state index contributed by atoms with van der Waals surface area (Å²) in [6.45, 7) is 4.47. The molecule has 0 amide bonds. The normalized spacial score (nSPS) is 22.5. The third-order valence-corrected chi connectivity index (χ3v) is 6.32. The van der Waals surface area contributed by atoms with Crippen LogP contribution in [0.25, 0.3) is 0 Å². The molecule has 1 saturated heterocycles. The zero-order valence-electron chi connectivity index (χ0n) is 14.1. The van der Waals surface area contributed by atoms with Gasteiger partial charge in [-0.2, -0.15) is 14.5 Å². The second-order valence-electron chi connectivity index (χ2n) is 6.57. The Bertz CT molecular complexity index is 811. The first kappa shape index (κ1) is 17.1. The molecule has 2 aromatic rings. The molecular weight excluding hydrogens is 330 g/mol. The lowest BCUT2D eigenvalue weighted by Gasteiger charge is -2.15. The summed E-state index contributed by atoms with van der Waals surface area (Å²) >= 11 is 0. The third kappa shape index (κ3) is 2.99. The minimum absolute atomic E-state index is 0.0568. The standard InChI is InChI=1S/C15H23N5O3S/c1-11(2)20-8-14(5-17-20)24(22,23)19-7-13(10-21)15(9-19)12-4-16-18(3)6-12/h4-6,8,11,13,15,21H,7,9-10H2,1-3H3/t13-,15-/m0/s1. The molecule has 1 aliphatic rings. The summed E-state index contributed by atoms with van der Waals surface area (Å²) in [7, 11) is -1.80. The van der Waals surface area contributed by atoms with E-state index in [1.807, 2.05) is 27.1 Å². The monoisotopic (exact) mass is 353 g/mol. The molecule has 0 aromatic carbocycles. The van der Waals surface area contributed by atoms with Crippen molar-refractivity contribution in [2.45, 2.75) is 30.7 Å². The maximum Gasteiger partial charge on any atom is 0.246 e. The van der Waals surface area contributed by atoms with Gasteiger partial charge >= 0.3 is 0 Å². The van der Waals surface area contributed by atoms with Crippen molar-refractivity contribution >= 4 is 10.0 Å². The Balaban J connectivity index is 1.86. The summed E-state index contributed by atoms with van der Waals surface area (Å²) in [5.41, 5.74) is 0.951. The molecule has 0 unspecified atom stereocenters. The van der Waals surface area contributed by atoms with Crippen LogP contribution in [-0.2, 0) is 17.1 Å². The molecule has 24 heavy (non-hydrogen) atoms. The largest absolute Gasteiger partial charge is 0.396 e. The molecule has 8 nitrogen and oxygen atoms in total. The van der Waals surface area contributed by atoms with Gasteiger partial charge in [0, 0.05) is 57.0 Å². The van der Waals surface area contributed by atoms with Crippen LogP contribution in [0.3, 0.4) is 0 Å². The first-order valence-corrected chi connectivity index (χ1v) is 9.40. The number of aliphatic hydroxyl groups excluding tert-OH is 1. The molecular formula is C15H23N5O3S. The number of nitrogens with zero attached hydrogens (tertiary/aromatic N) is 5. The van der Waals surface area contributed by atoms with Gasteiger partial charge in [0.15, 0.2) is 0 Å². The van der Waals surface area contributed by atoms with Crippen molar-refractivity contribution < 1.29 is 13.5 Å². The summed E-state index contributed by atoms with van der Waals surface area (Å²) < 4.78 is 30.5. The molecule has 9 heteroatoms. The zero-order chi connectivity index (χ0) is 17.5. The maximum absolute atomic E-state index is 12.9. The van der Waals surface area contributed by atoms with E-state index >= 15 is 0 Å². The molecule has 1 N–H and O–H groups in total.